The van der Waals surface area contributed by atoms with Crippen LogP contribution < -0.4 is 5.73 Å². The lowest BCUT2D eigenvalue weighted by Gasteiger charge is -2.12. The molecule has 1 aromatic carbocycles. The number of nitrogens with zero attached hydrogens (tertiary/aromatic N) is 1. The molecule has 1 amide bonds. The number of benzene rings is 1. The molecule has 1 atom stereocenters. The van der Waals surface area contributed by atoms with Crippen molar-refractivity contribution in [3.05, 3.63) is 54.2 Å². The van der Waals surface area contributed by atoms with Gasteiger partial charge < -0.3 is 10.6 Å². The van der Waals surface area contributed by atoms with Gasteiger partial charge in [-0.1, -0.05) is 36.4 Å². The number of rotatable bonds is 1. The van der Waals surface area contributed by atoms with Crippen LogP contribution in [0.15, 0.2) is 48.7 Å². The molecule has 0 bridgehead atoms. The SMILES string of the molecule is CN1C=CC(c2ccccc2)=CC(N)C1=O.Cl. The molecule has 0 saturated heterocycles. The highest BCUT2D eigenvalue weighted by atomic mass is 35.5. The van der Waals surface area contributed by atoms with Gasteiger partial charge in [0.15, 0.2) is 0 Å². The van der Waals surface area contributed by atoms with Crippen molar-refractivity contribution in [1.82, 2.24) is 4.90 Å². The number of hydrogen-bond donors (Lipinski definition) is 1. The van der Waals surface area contributed by atoms with Crippen molar-refractivity contribution in [2.24, 2.45) is 5.73 Å². The van der Waals surface area contributed by atoms with Gasteiger partial charge in [0.1, 0.15) is 6.04 Å². The van der Waals surface area contributed by atoms with E-state index >= 15 is 0 Å². The first kappa shape index (κ1) is 13.5. The van der Waals surface area contributed by atoms with Crippen molar-refractivity contribution in [3.63, 3.8) is 0 Å². The monoisotopic (exact) mass is 250 g/mol. The number of hydrogen-bond acceptors (Lipinski definition) is 2. The van der Waals surface area contributed by atoms with Gasteiger partial charge in [0.25, 0.3) is 0 Å². The summed E-state index contributed by atoms with van der Waals surface area (Å²) in [5, 5.41) is 0. The first-order chi connectivity index (χ1) is 7.68. The predicted molar refractivity (Wildman–Crippen MR) is 71.6 cm³/mol. The van der Waals surface area contributed by atoms with Crippen LogP contribution in [0.5, 0.6) is 0 Å². The van der Waals surface area contributed by atoms with Crippen LogP contribution in [0.4, 0.5) is 0 Å². The molecule has 17 heavy (non-hydrogen) atoms. The average Bonchev–Trinajstić information content (AvgIpc) is 2.44. The van der Waals surface area contributed by atoms with Crippen molar-refractivity contribution in [3.8, 4) is 0 Å². The van der Waals surface area contributed by atoms with Crippen LogP contribution in [0.1, 0.15) is 5.56 Å². The van der Waals surface area contributed by atoms with E-state index in [4.69, 9.17) is 5.73 Å². The normalized spacial score (nSPS) is 19.4. The largest absolute Gasteiger partial charge is 0.320 e. The maximum Gasteiger partial charge on any atom is 0.247 e. The van der Waals surface area contributed by atoms with Crippen LogP contribution in [0.25, 0.3) is 5.57 Å². The molecule has 0 spiro atoms. The summed E-state index contributed by atoms with van der Waals surface area (Å²) < 4.78 is 0. The number of halogens is 1. The fourth-order valence-electron chi connectivity index (χ4n) is 1.64. The summed E-state index contributed by atoms with van der Waals surface area (Å²) in [6.45, 7) is 0. The number of allylic oxidation sites excluding steroid dienone is 2. The molecule has 4 heteroatoms. The smallest absolute Gasteiger partial charge is 0.247 e. The molecular formula is C13H15ClN2O. The second kappa shape index (κ2) is 5.66. The zero-order valence-corrected chi connectivity index (χ0v) is 10.4. The Labute approximate surface area is 107 Å². The number of likely N-dealkylation sites (N-methyl/N-ethyl adjacent to an activating group) is 1. The minimum Gasteiger partial charge on any atom is -0.320 e. The van der Waals surface area contributed by atoms with Gasteiger partial charge in [0.05, 0.1) is 0 Å². The standard InChI is InChI=1S/C13H14N2O.ClH/c1-15-8-7-11(9-12(14)13(15)16)10-5-3-2-4-6-10;/h2-9,12H,14H2,1H3;1H. The Balaban J connectivity index is 0.00000144. The zero-order valence-electron chi connectivity index (χ0n) is 9.54. The maximum atomic E-state index is 11.6. The summed E-state index contributed by atoms with van der Waals surface area (Å²) in [5.74, 6) is -0.0952. The van der Waals surface area contributed by atoms with Crippen molar-refractivity contribution in [2.45, 2.75) is 6.04 Å². The van der Waals surface area contributed by atoms with Crippen LogP contribution in [-0.4, -0.2) is 23.9 Å². The number of amides is 1. The Bertz CT molecular complexity index is 454. The summed E-state index contributed by atoms with van der Waals surface area (Å²) in [6, 6.07) is 9.31. The molecule has 1 aliphatic rings. The third-order valence-corrected chi connectivity index (χ3v) is 2.58. The quantitative estimate of drug-likeness (QED) is 0.826. The molecule has 3 nitrogen and oxygen atoms in total. The van der Waals surface area contributed by atoms with Crippen molar-refractivity contribution in [2.75, 3.05) is 7.05 Å². The second-order valence-electron chi connectivity index (χ2n) is 3.78. The number of carbonyl (C=O) groups excluding carboxylic acids is 1. The van der Waals surface area contributed by atoms with E-state index in [9.17, 15) is 4.79 Å². The molecule has 0 aromatic heterocycles. The van der Waals surface area contributed by atoms with Gasteiger partial charge in [-0.3, -0.25) is 4.79 Å². The molecular weight excluding hydrogens is 236 g/mol. The fourth-order valence-corrected chi connectivity index (χ4v) is 1.64. The van der Waals surface area contributed by atoms with E-state index in [0.717, 1.165) is 11.1 Å². The predicted octanol–water partition coefficient (Wildman–Crippen LogP) is 1.80. The van der Waals surface area contributed by atoms with Crippen LogP contribution in [0.2, 0.25) is 0 Å². The molecule has 2 N–H and O–H groups in total. The topological polar surface area (TPSA) is 46.3 Å². The van der Waals surface area contributed by atoms with Crippen molar-refractivity contribution in [1.29, 1.82) is 0 Å². The summed E-state index contributed by atoms with van der Waals surface area (Å²) in [4.78, 5) is 13.1. The lowest BCUT2D eigenvalue weighted by molar-refractivity contribution is -0.127. The molecule has 1 unspecified atom stereocenters. The van der Waals surface area contributed by atoms with E-state index in [0.29, 0.717) is 0 Å². The van der Waals surface area contributed by atoms with E-state index in [1.807, 2.05) is 36.4 Å². The molecule has 0 fully saturated rings. The highest BCUT2D eigenvalue weighted by Gasteiger charge is 2.17. The molecule has 2 rings (SSSR count). The van der Waals surface area contributed by atoms with E-state index in [2.05, 4.69) is 0 Å². The van der Waals surface area contributed by atoms with Gasteiger partial charge in [-0.15, -0.1) is 12.4 Å². The summed E-state index contributed by atoms with van der Waals surface area (Å²) >= 11 is 0. The molecule has 0 saturated carbocycles. The lowest BCUT2D eigenvalue weighted by atomic mass is 10.0. The van der Waals surface area contributed by atoms with Crippen molar-refractivity contribution >= 4 is 23.9 Å². The highest BCUT2D eigenvalue weighted by Crippen LogP contribution is 2.18. The van der Waals surface area contributed by atoms with Crippen LogP contribution >= 0.6 is 12.4 Å². The molecule has 90 valence electrons. The number of nitrogens with two attached hydrogens (primary N) is 1. The summed E-state index contributed by atoms with van der Waals surface area (Å²) in [6.07, 6.45) is 5.44. The van der Waals surface area contributed by atoms with Gasteiger partial charge >= 0.3 is 0 Å². The van der Waals surface area contributed by atoms with Gasteiger partial charge in [0, 0.05) is 13.2 Å². The highest BCUT2D eigenvalue weighted by molar-refractivity contribution is 5.90. The van der Waals surface area contributed by atoms with Crippen LogP contribution in [0.3, 0.4) is 0 Å². The van der Waals surface area contributed by atoms with Gasteiger partial charge in [-0.05, 0) is 17.2 Å². The van der Waals surface area contributed by atoms with Gasteiger partial charge in [0.2, 0.25) is 5.91 Å². The van der Waals surface area contributed by atoms with E-state index < -0.39 is 6.04 Å². The molecule has 1 aliphatic heterocycles. The molecule has 0 aliphatic carbocycles. The molecule has 0 radical (unpaired) electrons. The molecule has 1 heterocycles. The van der Waals surface area contributed by atoms with E-state index in [1.165, 1.54) is 4.90 Å². The van der Waals surface area contributed by atoms with Crippen LogP contribution in [0, 0.1) is 0 Å². The average molecular weight is 251 g/mol. The molecule has 1 aromatic rings. The minimum atomic E-state index is -0.574. The Morgan fingerprint density at radius 1 is 1.24 bits per heavy atom. The van der Waals surface area contributed by atoms with Crippen molar-refractivity contribution < 1.29 is 4.79 Å². The van der Waals surface area contributed by atoms with E-state index in [1.54, 1.807) is 19.3 Å². The van der Waals surface area contributed by atoms with Gasteiger partial charge in [-0.2, -0.15) is 0 Å². The Morgan fingerprint density at radius 3 is 2.53 bits per heavy atom. The summed E-state index contributed by atoms with van der Waals surface area (Å²) in [7, 11) is 1.71. The van der Waals surface area contributed by atoms with E-state index in [-0.39, 0.29) is 18.3 Å². The lowest BCUT2D eigenvalue weighted by Crippen LogP contribution is -2.37. The summed E-state index contributed by atoms with van der Waals surface area (Å²) in [5.41, 5.74) is 7.83. The first-order valence-corrected chi connectivity index (χ1v) is 5.16. The zero-order chi connectivity index (χ0) is 11.5. The Morgan fingerprint density at radius 2 is 1.88 bits per heavy atom. The van der Waals surface area contributed by atoms with Gasteiger partial charge in [-0.25, -0.2) is 0 Å². The second-order valence-corrected chi connectivity index (χ2v) is 3.78. The number of carbonyl (C=O) groups is 1. The first-order valence-electron chi connectivity index (χ1n) is 5.16. The third kappa shape index (κ3) is 2.96. The Hall–Kier alpha value is -1.58. The third-order valence-electron chi connectivity index (χ3n) is 2.58. The van der Waals surface area contributed by atoms with Crippen LogP contribution in [-0.2, 0) is 4.79 Å². The fraction of sp³-hybridized carbons (Fsp3) is 0.154. The maximum absolute atomic E-state index is 11.6. The Kier molecular flexibility index (Phi) is 4.49. The minimum absolute atomic E-state index is 0.